The molecule has 1 unspecified atom stereocenters. The number of allylic oxidation sites excluding steroid dienone is 1. The van der Waals surface area contributed by atoms with Crippen LogP contribution in [-0.4, -0.2) is 23.6 Å². The van der Waals surface area contributed by atoms with Crippen molar-refractivity contribution in [1.82, 2.24) is 0 Å². The molecular weight excluding hydrogens is 328 g/mol. The molecule has 3 heteroatoms. The van der Waals surface area contributed by atoms with Crippen molar-refractivity contribution in [2.45, 2.75) is 65.2 Å². The van der Waals surface area contributed by atoms with Gasteiger partial charge in [0.05, 0.1) is 0 Å². The predicted octanol–water partition coefficient (Wildman–Crippen LogP) is 5.07. The van der Waals surface area contributed by atoms with Crippen molar-refractivity contribution < 1.29 is 9.59 Å². The maximum absolute atomic E-state index is 13.0. The molecule has 0 N–H and O–H groups in total. The summed E-state index contributed by atoms with van der Waals surface area (Å²) in [5.41, 5.74) is 1.64. The largest absolute Gasteiger partial charge is 0.299 e. The Morgan fingerprint density at radius 3 is 2.68 bits per heavy atom. The normalized spacial score (nSPS) is 46.3. The number of fused-ring (bicyclic) bond motifs is 5. The number of thioether (sulfide) groups is 1. The Bertz CT molecular complexity index is 624. The van der Waals surface area contributed by atoms with Crippen molar-refractivity contribution in [1.29, 1.82) is 0 Å². The van der Waals surface area contributed by atoms with E-state index >= 15 is 0 Å². The second-order valence-electron chi connectivity index (χ2n) is 9.30. The van der Waals surface area contributed by atoms with E-state index in [2.05, 4.69) is 20.1 Å². The molecule has 4 rings (SSSR count). The highest BCUT2D eigenvalue weighted by Crippen LogP contribution is 2.65. The van der Waals surface area contributed by atoms with Crippen LogP contribution in [0.1, 0.15) is 65.2 Å². The van der Waals surface area contributed by atoms with E-state index in [0.717, 1.165) is 44.3 Å². The van der Waals surface area contributed by atoms with Crippen molar-refractivity contribution in [2.24, 2.45) is 34.5 Å². The summed E-state index contributed by atoms with van der Waals surface area (Å²) in [5.74, 6) is 4.33. The Morgan fingerprint density at radius 2 is 1.96 bits per heavy atom. The maximum Gasteiger partial charge on any atom is 0.155 e. The predicted molar refractivity (Wildman–Crippen MR) is 104 cm³/mol. The monoisotopic (exact) mass is 360 g/mol. The number of ketones is 2. The summed E-state index contributed by atoms with van der Waals surface area (Å²) in [4.78, 5) is 25.1. The lowest BCUT2D eigenvalue weighted by atomic mass is 9.47. The zero-order valence-electron chi connectivity index (χ0n) is 16.0. The average molecular weight is 361 g/mol. The van der Waals surface area contributed by atoms with Crippen molar-refractivity contribution in [3.8, 4) is 0 Å². The van der Waals surface area contributed by atoms with E-state index in [-0.39, 0.29) is 10.8 Å². The average Bonchev–Trinajstić information content (AvgIpc) is 2.87. The van der Waals surface area contributed by atoms with Gasteiger partial charge in [0.2, 0.25) is 0 Å². The van der Waals surface area contributed by atoms with Crippen LogP contribution in [0.15, 0.2) is 11.6 Å². The Balaban J connectivity index is 1.71. The van der Waals surface area contributed by atoms with E-state index in [4.69, 9.17) is 0 Å². The van der Waals surface area contributed by atoms with Gasteiger partial charge in [-0.15, -0.1) is 0 Å². The lowest BCUT2D eigenvalue weighted by Gasteiger charge is -2.58. The minimum Gasteiger partial charge on any atom is -0.299 e. The van der Waals surface area contributed by atoms with Crippen molar-refractivity contribution in [2.75, 3.05) is 12.0 Å². The van der Waals surface area contributed by atoms with Crippen LogP contribution >= 0.6 is 11.8 Å². The molecule has 0 aromatic heterocycles. The van der Waals surface area contributed by atoms with E-state index < -0.39 is 0 Å². The van der Waals surface area contributed by atoms with Crippen LogP contribution < -0.4 is 0 Å². The van der Waals surface area contributed by atoms with Gasteiger partial charge in [-0.3, -0.25) is 9.59 Å². The molecule has 6 atom stereocenters. The SMILES string of the molecule is CCC1C[C@H]2[C@@H]3CCC4=CC(=O)CC[C@]4(CSC)[C@@H]3CC[C@]2(C)C1=O. The van der Waals surface area contributed by atoms with Gasteiger partial charge in [0.25, 0.3) is 0 Å². The van der Waals surface area contributed by atoms with Crippen LogP contribution in [0.3, 0.4) is 0 Å². The number of hydrogen-bond donors (Lipinski definition) is 0. The smallest absolute Gasteiger partial charge is 0.155 e. The lowest BCUT2D eigenvalue weighted by molar-refractivity contribution is -0.134. The molecule has 25 heavy (non-hydrogen) atoms. The quantitative estimate of drug-likeness (QED) is 0.705. The Kier molecular flexibility index (Phi) is 4.46. The molecule has 0 aliphatic heterocycles. The first-order valence-electron chi connectivity index (χ1n) is 10.2. The second-order valence-corrected chi connectivity index (χ2v) is 10.2. The van der Waals surface area contributed by atoms with E-state index in [1.165, 1.54) is 18.4 Å². The number of carbonyl (C=O) groups excluding carboxylic acids is 2. The van der Waals surface area contributed by atoms with E-state index in [1.54, 1.807) is 0 Å². The van der Waals surface area contributed by atoms with Gasteiger partial charge < -0.3 is 0 Å². The van der Waals surface area contributed by atoms with E-state index in [9.17, 15) is 9.59 Å². The van der Waals surface area contributed by atoms with Gasteiger partial charge in [0.1, 0.15) is 5.78 Å². The van der Waals surface area contributed by atoms with Gasteiger partial charge in [0, 0.05) is 28.9 Å². The summed E-state index contributed by atoms with van der Waals surface area (Å²) in [7, 11) is 0. The molecule has 0 spiro atoms. The van der Waals surface area contributed by atoms with E-state index in [0.29, 0.717) is 35.2 Å². The van der Waals surface area contributed by atoms with Gasteiger partial charge in [0.15, 0.2) is 5.78 Å². The first kappa shape index (κ1) is 17.8. The first-order valence-corrected chi connectivity index (χ1v) is 11.6. The third-order valence-electron chi connectivity index (χ3n) is 8.44. The van der Waals surface area contributed by atoms with Gasteiger partial charge in [-0.05, 0) is 75.0 Å². The summed E-state index contributed by atoms with van der Waals surface area (Å²) >= 11 is 1.95. The highest BCUT2D eigenvalue weighted by molar-refractivity contribution is 7.98. The zero-order valence-corrected chi connectivity index (χ0v) is 16.8. The number of carbonyl (C=O) groups is 2. The standard InChI is InChI=1S/C22H32O2S/c1-4-14-11-19-17-6-5-15-12-16(23)7-10-22(15,13-25-3)18(17)8-9-21(19,2)20(14)24/h12,14,17-19H,4-11,13H2,1-3H3/t14?,17-,18-,19+,21+,22-/m1/s1. The zero-order chi connectivity index (χ0) is 17.8. The molecular formula is C22H32O2S. The molecule has 0 amide bonds. The summed E-state index contributed by atoms with van der Waals surface area (Å²) in [6.07, 6.45) is 12.7. The molecule has 0 aromatic carbocycles. The molecule has 0 saturated heterocycles. The van der Waals surface area contributed by atoms with Crippen molar-refractivity contribution >= 4 is 23.3 Å². The molecule has 0 radical (unpaired) electrons. The third-order valence-corrected chi connectivity index (χ3v) is 9.25. The van der Waals surface area contributed by atoms with Crippen molar-refractivity contribution in [3.05, 3.63) is 11.6 Å². The molecule has 0 heterocycles. The molecule has 0 bridgehead atoms. The summed E-state index contributed by atoms with van der Waals surface area (Å²) in [6.45, 7) is 4.47. The minimum atomic E-state index is -0.0614. The Morgan fingerprint density at radius 1 is 1.16 bits per heavy atom. The molecule has 4 aliphatic rings. The third kappa shape index (κ3) is 2.44. The minimum absolute atomic E-state index is 0.0614. The number of rotatable bonds is 3. The summed E-state index contributed by atoms with van der Waals surface area (Å²) < 4.78 is 0. The number of Topliss-reactive ketones (excluding diaryl/α,β-unsaturated/α-hetero) is 1. The van der Waals surface area contributed by atoms with Crippen LogP contribution in [0.2, 0.25) is 0 Å². The fraction of sp³-hybridized carbons (Fsp3) is 0.818. The molecule has 2 nitrogen and oxygen atoms in total. The van der Waals surface area contributed by atoms with Crippen LogP contribution in [0.4, 0.5) is 0 Å². The Labute approximate surface area is 156 Å². The van der Waals surface area contributed by atoms with Crippen LogP contribution in [0.25, 0.3) is 0 Å². The van der Waals surface area contributed by atoms with Crippen molar-refractivity contribution in [3.63, 3.8) is 0 Å². The topological polar surface area (TPSA) is 34.1 Å². The number of hydrogen-bond acceptors (Lipinski definition) is 3. The highest BCUT2D eigenvalue weighted by Gasteiger charge is 2.61. The van der Waals surface area contributed by atoms with E-state index in [1.807, 2.05) is 17.8 Å². The molecule has 0 aromatic rings. The van der Waals surface area contributed by atoms with Gasteiger partial charge in [-0.2, -0.15) is 11.8 Å². The molecule has 3 saturated carbocycles. The molecule has 138 valence electrons. The lowest BCUT2D eigenvalue weighted by Crippen LogP contribution is -2.52. The highest BCUT2D eigenvalue weighted by atomic mass is 32.2. The van der Waals surface area contributed by atoms with Crippen LogP contribution in [0, 0.1) is 34.5 Å². The van der Waals surface area contributed by atoms with Crippen LogP contribution in [0.5, 0.6) is 0 Å². The van der Waals surface area contributed by atoms with Crippen LogP contribution in [-0.2, 0) is 9.59 Å². The summed E-state index contributed by atoms with van der Waals surface area (Å²) in [5, 5.41) is 0. The maximum atomic E-state index is 13.0. The Hall–Kier alpha value is -0.570. The fourth-order valence-corrected chi connectivity index (χ4v) is 8.24. The molecule has 4 aliphatic carbocycles. The first-order chi connectivity index (χ1) is 12.0. The van der Waals surface area contributed by atoms with Gasteiger partial charge in [-0.25, -0.2) is 0 Å². The second kappa shape index (κ2) is 6.25. The summed E-state index contributed by atoms with van der Waals surface area (Å²) in [6, 6.07) is 0. The van der Waals surface area contributed by atoms with Gasteiger partial charge in [-0.1, -0.05) is 19.4 Å². The molecule has 3 fully saturated rings. The van der Waals surface area contributed by atoms with Gasteiger partial charge >= 0.3 is 0 Å². The fourth-order valence-electron chi connectivity index (χ4n) is 7.18.